The number of halogens is 4. The molecular formula is C13H7BrF3NO3. The quantitative estimate of drug-likeness (QED) is 0.882. The normalized spacial score (nSPS) is 11.2. The van der Waals surface area contributed by atoms with Crippen LogP contribution < -0.4 is 4.74 Å². The van der Waals surface area contributed by atoms with E-state index in [4.69, 9.17) is 9.84 Å². The van der Waals surface area contributed by atoms with Crippen molar-refractivity contribution in [3.63, 3.8) is 0 Å². The maximum absolute atomic E-state index is 12.6. The van der Waals surface area contributed by atoms with Gasteiger partial charge in [-0.25, -0.2) is 9.78 Å². The van der Waals surface area contributed by atoms with E-state index >= 15 is 0 Å². The van der Waals surface area contributed by atoms with Gasteiger partial charge < -0.3 is 9.84 Å². The second-order valence-corrected chi connectivity index (χ2v) is 4.77. The molecule has 21 heavy (non-hydrogen) atoms. The SMILES string of the molecule is O=C(O)c1ccc(Br)c(Oc2cccc(C(F)(F)F)n2)c1. The van der Waals surface area contributed by atoms with E-state index in [-0.39, 0.29) is 17.2 Å². The molecule has 0 radical (unpaired) electrons. The van der Waals surface area contributed by atoms with Gasteiger partial charge in [0, 0.05) is 6.07 Å². The first kappa shape index (κ1) is 15.3. The number of ether oxygens (including phenoxy) is 1. The molecule has 2 aromatic rings. The summed E-state index contributed by atoms with van der Waals surface area (Å²) in [6.45, 7) is 0. The van der Waals surface area contributed by atoms with Gasteiger partial charge in [0.05, 0.1) is 10.0 Å². The number of pyridine rings is 1. The number of alkyl halides is 3. The molecule has 0 spiro atoms. The fourth-order valence-electron chi connectivity index (χ4n) is 1.46. The lowest BCUT2D eigenvalue weighted by atomic mass is 10.2. The van der Waals surface area contributed by atoms with Gasteiger partial charge in [-0.2, -0.15) is 13.2 Å². The molecule has 1 N–H and O–H groups in total. The van der Waals surface area contributed by atoms with Crippen LogP contribution >= 0.6 is 15.9 Å². The van der Waals surface area contributed by atoms with Gasteiger partial charge in [-0.3, -0.25) is 0 Å². The molecule has 4 nitrogen and oxygen atoms in total. The van der Waals surface area contributed by atoms with Crippen molar-refractivity contribution in [2.75, 3.05) is 0 Å². The van der Waals surface area contributed by atoms with E-state index in [0.29, 0.717) is 4.47 Å². The highest BCUT2D eigenvalue weighted by atomic mass is 79.9. The number of hydrogen-bond acceptors (Lipinski definition) is 3. The number of hydrogen-bond donors (Lipinski definition) is 1. The zero-order valence-electron chi connectivity index (χ0n) is 10.2. The smallest absolute Gasteiger partial charge is 0.433 e. The lowest BCUT2D eigenvalue weighted by Gasteiger charge is -2.10. The highest BCUT2D eigenvalue weighted by Crippen LogP contribution is 2.32. The first-order valence-electron chi connectivity index (χ1n) is 5.52. The van der Waals surface area contributed by atoms with E-state index in [9.17, 15) is 18.0 Å². The molecule has 1 aromatic heterocycles. The Morgan fingerprint density at radius 1 is 1.24 bits per heavy atom. The molecule has 0 bridgehead atoms. The molecule has 0 aliphatic carbocycles. The summed E-state index contributed by atoms with van der Waals surface area (Å²) in [6, 6.07) is 7.16. The number of benzene rings is 1. The summed E-state index contributed by atoms with van der Waals surface area (Å²) in [7, 11) is 0. The molecule has 8 heteroatoms. The summed E-state index contributed by atoms with van der Waals surface area (Å²) in [6.07, 6.45) is -4.58. The molecule has 0 unspecified atom stereocenters. The first-order chi connectivity index (χ1) is 9.77. The van der Waals surface area contributed by atoms with Gasteiger partial charge in [-0.1, -0.05) is 6.07 Å². The highest BCUT2D eigenvalue weighted by molar-refractivity contribution is 9.10. The summed E-state index contributed by atoms with van der Waals surface area (Å²) < 4.78 is 43.3. The van der Waals surface area contributed by atoms with E-state index in [2.05, 4.69) is 20.9 Å². The summed E-state index contributed by atoms with van der Waals surface area (Å²) in [5.41, 5.74) is -1.15. The molecule has 0 amide bonds. The predicted molar refractivity (Wildman–Crippen MR) is 70.4 cm³/mol. The van der Waals surface area contributed by atoms with Gasteiger partial charge in [-0.15, -0.1) is 0 Å². The lowest BCUT2D eigenvalue weighted by Crippen LogP contribution is -2.08. The Hall–Kier alpha value is -2.09. The third-order valence-electron chi connectivity index (χ3n) is 2.41. The van der Waals surface area contributed by atoms with Crippen molar-refractivity contribution in [2.45, 2.75) is 6.18 Å². The largest absolute Gasteiger partial charge is 0.478 e. The Balaban J connectivity index is 2.34. The van der Waals surface area contributed by atoms with Crippen LogP contribution in [0.1, 0.15) is 16.1 Å². The molecule has 0 saturated heterocycles. The van der Waals surface area contributed by atoms with Crippen LogP contribution in [0.5, 0.6) is 11.6 Å². The molecule has 0 atom stereocenters. The Kier molecular flexibility index (Phi) is 4.17. The third kappa shape index (κ3) is 3.72. The van der Waals surface area contributed by atoms with E-state index in [0.717, 1.165) is 12.1 Å². The van der Waals surface area contributed by atoms with Crippen LogP contribution in [-0.4, -0.2) is 16.1 Å². The molecule has 0 saturated carbocycles. The number of aromatic nitrogens is 1. The first-order valence-corrected chi connectivity index (χ1v) is 6.31. The highest BCUT2D eigenvalue weighted by Gasteiger charge is 2.32. The molecule has 0 aliphatic rings. The standard InChI is InChI=1S/C13H7BrF3NO3/c14-8-5-4-7(12(19)20)6-9(8)21-11-3-1-2-10(18-11)13(15,16)17/h1-6H,(H,19,20). The van der Waals surface area contributed by atoms with Gasteiger partial charge in [0.25, 0.3) is 0 Å². The molecular weight excluding hydrogens is 355 g/mol. The van der Waals surface area contributed by atoms with Crippen LogP contribution in [0.25, 0.3) is 0 Å². The van der Waals surface area contributed by atoms with Crippen LogP contribution in [0.15, 0.2) is 40.9 Å². The second kappa shape index (κ2) is 5.72. The summed E-state index contributed by atoms with van der Waals surface area (Å²) >= 11 is 3.13. The number of rotatable bonds is 3. The van der Waals surface area contributed by atoms with Gasteiger partial charge in [-0.05, 0) is 40.2 Å². The third-order valence-corrected chi connectivity index (χ3v) is 3.06. The molecule has 0 aliphatic heterocycles. The van der Waals surface area contributed by atoms with Gasteiger partial charge >= 0.3 is 12.1 Å². The molecule has 2 rings (SSSR count). The van der Waals surface area contributed by atoms with Gasteiger partial charge in [0.1, 0.15) is 11.4 Å². The molecule has 0 fully saturated rings. The Labute approximate surface area is 125 Å². The average Bonchev–Trinajstić information content (AvgIpc) is 2.40. The van der Waals surface area contributed by atoms with Gasteiger partial charge in [0.15, 0.2) is 0 Å². The van der Waals surface area contributed by atoms with Crippen LogP contribution in [-0.2, 0) is 6.18 Å². The Bertz CT molecular complexity index is 689. The van der Waals surface area contributed by atoms with Crippen molar-refractivity contribution in [1.82, 2.24) is 4.98 Å². The minimum atomic E-state index is -4.58. The van der Waals surface area contributed by atoms with E-state index < -0.39 is 17.8 Å². The van der Waals surface area contributed by atoms with Crippen LogP contribution in [0.4, 0.5) is 13.2 Å². The second-order valence-electron chi connectivity index (χ2n) is 3.91. The van der Waals surface area contributed by atoms with Crippen molar-refractivity contribution in [1.29, 1.82) is 0 Å². The van der Waals surface area contributed by atoms with E-state index in [1.54, 1.807) is 0 Å². The van der Waals surface area contributed by atoms with Crippen LogP contribution in [0.3, 0.4) is 0 Å². The monoisotopic (exact) mass is 361 g/mol. The number of carbonyl (C=O) groups is 1. The maximum atomic E-state index is 12.6. The van der Waals surface area contributed by atoms with Crippen molar-refractivity contribution in [3.05, 3.63) is 52.1 Å². The molecule has 1 heterocycles. The fraction of sp³-hybridized carbons (Fsp3) is 0.0769. The van der Waals surface area contributed by atoms with E-state index in [1.165, 1.54) is 24.3 Å². The maximum Gasteiger partial charge on any atom is 0.433 e. The van der Waals surface area contributed by atoms with Crippen LogP contribution in [0.2, 0.25) is 0 Å². The van der Waals surface area contributed by atoms with Crippen LogP contribution in [0, 0.1) is 0 Å². The van der Waals surface area contributed by atoms with Crippen molar-refractivity contribution >= 4 is 21.9 Å². The van der Waals surface area contributed by atoms with Crippen molar-refractivity contribution in [3.8, 4) is 11.6 Å². The predicted octanol–water partition coefficient (Wildman–Crippen LogP) is 4.35. The lowest BCUT2D eigenvalue weighted by molar-refractivity contribution is -0.141. The Morgan fingerprint density at radius 3 is 2.57 bits per heavy atom. The van der Waals surface area contributed by atoms with Crippen molar-refractivity contribution in [2.24, 2.45) is 0 Å². The fourth-order valence-corrected chi connectivity index (χ4v) is 1.78. The summed E-state index contributed by atoms with van der Waals surface area (Å²) in [4.78, 5) is 14.2. The minimum absolute atomic E-state index is 0.0554. The molecule has 110 valence electrons. The van der Waals surface area contributed by atoms with E-state index in [1.807, 2.05) is 0 Å². The number of nitrogens with zero attached hydrogens (tertiary/aromatic N) is 1. The summed E-state index contributed by atoms with van der Waals surface area (Å²) in [5, 5.41) is 8.88. The number of aromatic carboxylic acids is 1. The topological polar surface area (TPSA) is 59.4 Å². The minimum Gasteiger partial charge on any atom is -0.478 e. The Morgan fingerprint density at radius 2 is 1.95 bits per heavy atom. The van der Waals surface area contributed by atoms with Gasteiger partial charge in [0.2, 0.25) is 5.88 Å². The number of carboxylic acid groups (broad SMARTS) is 1. The molecule has 1 aromatic carbocycles. The average molecular weight is 362 g/mol. The zero-order valence-corrected chi connectivity index (χ0v) is 11.8. The zero-order chi connectivity index (χ0) is 15.6. The number of carboxylic acids is 1. The summed E-state index contributed by atoms with van der Waals surface area (Å²) in [5.74, 6) is -1.40. The van der Waals surface area contributed by atoms with Crippen molar-refractivity contribution < 1.29 is 27.8 Å².